The van der Waals surface area contributed by atoms with Crippen LogP contribution in [0.4, 0.5) is 5.69 Å². The van der Waals surface area contributed by atoms with Crippen molar-refractivity contribution in [1.82, 2.24) is 10.3 Å². The van der Waals surface area contributed by atoms with E-state index in [0.717, 1.165) is 40.6 Å². The van der Waals surface area contributed by atoms with E-state index < -0.39 is 4.87 Å². The van der Waals surface area contributed by atoms with Crippen LogP contribution in [0.2, 0.25) is 0 Å². The highest BCUT2D eigenvalue weighted by Gasteiger charge is 2.61. The molecule has 0 saturated heterocycles. The van der Waals surface area contributed by atoms with E-state index in [4.69, 9.17) is 0 Å². The Balaban J connectivity index is 2.17. The van der Waals surface area contributed by atoms with E-state index >= 15 is 0 Å². The highest BCUT2D eigenvalue weighted by atomic mass is 32.2. The molecule has 1 unspecified atom stereocenters. The molecule has 2 aliphatic heterocycles. The fourth-order valence-corrected chi connectivity index (χ4v) is 5.05. The number of hydrogen-bond acceptors (Lipinski definition) is 5. The molecule has 0 aromatic heterocycles. The third-order valence-corrected chi connectivity index (χ3v) is 6.10. The Morgan fingerprint density at radius 2 is 1.93 bits per heavy atom. The van der Waals surface area contributed by atoms with Crippen molar-refractivity contribution in [3.63, 3.8) is 0 Å². The molecule has 0 bridgehead atoms. The summed E-state index contributed by atoms with van der Waals surface area (Å²) >= 11 is 1.12. The van der Waals surface area contributed by atoms with Gasteiger partial charge in [-0.3, -0.25) is 14.4 Å². The number of aryl methyl sites for hydroxylation is 2. The number of hydrazone groups is 1. The number of nitrogens with zero attached hydrogens (tertiary/aromatic N) is 3. The molecule has 2 aliphatic rings. The van der Waals surface area contributed by atoms with Crippen LogP contribution >= 0.6 is 11.8 Å². The second-order valence-electron chi connectivity index (χ2n) is 7.78. The summed E-state index contributed by atoms with van der Waals surface area (Å²) in [7, 11) is 0. The molecule has 3 amide bonds. The van der Waals surface area contributed by atoms with Gasteiger partial charge in [0.2, 0.25) is 16.7 Å². The molecule has 7 nitrogen and oxygen atoms in total. The molecule has 0 saturated carbocycles. The van der Waals surface area contributed by atoms with Gasteiger partial charge in [0.05, 0.1) is 5.69 Å². The van der Waals surface area contributed by atoms with Gasteiger partial charge in [-0.2, -0.15) is 5.01 Å². The van der Waals surface area contributed by atoms with Gasteiger partial charge >= 0.3 is 0 Å². The van der Waals surface area contributed by atoms with Crippen LogP contribution in [0.5, 0.6) is 0 Å². The number of amidine groups is 1. The Bertz CT molecular complexity index is 896. The normalized spacial score (nSPS) is 20.8. The van der Waals surface area contributed by atoms with Crippen LogP contribution in [0, 0.1) is 19.8 Å². The van der Waals surface area contributed by atoms with Crippen LogP contribution in [-0.4, -0.2) is 34.4 Å². The molecule has 2 heterocycles. The summed E-state index contributed by atoms with van der Waals surface area (Å²) in [6.45, 7) is 11.5. The second-order valence-corrected chi connectivity index (χ2v) is 8.96. The minimum Gasteiger partial charge on any atom is -0.309 e. The Morgan fingerprint density at radius 3 is 2.50 bits per heavy atom. The quantitative estimate of drug-likeness (QED) is 0.843. The fourth-order valence-electron chi connectivity index (χ4n) is 3.74. The standard InChI is InChI=1S/C20H26N4O3S/c1-11(2)7-8-23-17-13(4)9-12(3)10-16(17)20(18(23)27)24(15(6)26)22-19(28-20)21-14(5)25/h9-11H,7-8H2,1-6H3,(H,21,22,25). The van der Waals surface area contributed by atoms with Crippen molar-refractivity contribution in [3.8, 4) is 0 Å². The number of carbonyl (C=O) groups excluding carboxylic acids is 3. The van der Waals surface area contributed by atoms with Gasteiger partial charge in [0, 0.05) is 26.0 Å². The number of nitrogens with one attached hydrogen (secondary N) is 1. The molecule has 1 aromatic carbocycles. The highest BCUT2D eigenvalue weighted by molar-refractivity contribution is 8.15. The van der Waals surface area contributed by atoms with Gasteiger partial charge < -0.3 is 10.2 Å². The van der Waals surface area contributed by atoms with Crippen LogP contribution < -0.4 is 10.2 Å². The monoisotopic (exact) mass is 402 g/mol. The Morgan fingerprint density at radius 1 is 1.25 bits per heavy atom. The maximum absolute atomic E-state index is 13.7. The summed E-state index contributed by atoms with van der Waals surface area (Å²) < 4.78 is 0. The lowest BCUT2D eigenvalue weighted by atomic mass is 10.0. The Labute approximate surface area is 169 Å². The number of thioether (sulfide) groups is 1. The number of amides is 3. The molecule has 0 aliphatic carbocycles. The Hall–Kier alpha value is -2.35. The highest BCUT2D eigenvalue weighted by Crippen LogP contribution is 2.55. The largest absolute Gasteiger partial charge is 0.309 e. The molecule has 1 N–H and O–H groups in total. The van der Waals surface area contributed by atoms with E-state index in [1.54, 1.807) is 4.90 Å². The molecular formula is C20H26N4O3S. The van der Waals surface area contributed by atoms with E-state index in [2.05, 4.69) is 24.3 Å². The van der Waals surface area contributed by atoms with Crippen LogP contribution in [-0.2, 0) is 19.3 Å². The molecule has 1 aromatic rings. The van der Waals surface area contributed by atoms with Gasteiger partial charge in [0.25, 0.3) is 5.91 Å². The third kappa shape index (κ3) is 3.19. The van der Waals surface area contributed by atoms with Crippen molar-refractivity contribution in [2.75, 3.05) is 11.4 Å². The van der Waals surface area contributed by atoms with E-state index in [0.29, 0.717) is 12.5 Å². The van der Waals surface area contributed by atoms with Crippen molar-refractivity contribution >= 4 is 40.3 Å². The minimum absolute atomic E-state index is 0.193. The number of hydrogen-bond donors (Lipinski definition) is 1. The minimum atomic E-state index is -1.31. The molecule has 0 radical (unpaired) electrons. The summed E-state index contributed by atoms with van der Waals surface area (Å²) in [6.07, 6.45) is 0.846. The number of rotatable bonds is 3. The molecule has 1 atom stereocenters. The predicted octanol–water partition coefficient (Wildman–Crippen LogP) is 2.85. The second kappa shape index (κ2) is 7.24. The van der Waals surface area contributed by atoms with Crippen molar-refractivity contribution in [1.29, 1.82) is 0 Å². The molecule has 28 heavy (non-hydrogen) atoms. The van der Waals surface area contributed by atoms with Gasteiger partial charge in [0.1, 0.15) is 0 Å². The maximum atomic E-state index is 13.7. The van der Waals surface area contributed by atoms with Crippen molar-refractivity contribution in [3.05, 3.63) is 28.8 Å². The summed E-state index contributed by atoms with van der Waals surface area (Å²) in [5.41, 5.74) is 3.59. The van der Waals surface area contributed by atoms with E-state index in [9.17, 15) is 14.4 Å². The van der Waals surface area contributed by atoms with Gasteiger partial charge in [-0.1, -0.05) is 31.5 Å². The van der Waals surface area contributed by atoms with E-state index in [1.165, 1.54) is 18.9 Å². The fraction of sp³-hybridized carbons (Fsp3) is 0.500. The smallest absolute Gasteiger partial charge is 0.270 e. The zero-order valence-corrected chi connectivity index (χ0v) is 17.9. The van der Waals surface area contributed by atoms with Crippen LogP contribution in [0.1, 0.15) is 50.8 Å². The number of carbonyl (C=O) groups is 3. The molecule has 1 spiro atoms. The predicted molar refractivity (Wildman–Crippen MR) is 111 cm³/mol. The van der Waals surface area contributed by atoms with Gasteiger partial charge in [0.15, 0.2) is 5.17 Å². The van der Waals surface area contributed by atoms with Gasteiger partial charge in [-0.05, 0) is 43.5 Å². The zero-order chi connectivity index (χ0) is 20.8. The van der Waals surface area contributed by atoms with E-state index in [1.807, 2.05) is 26.0 Å². The molecule has 150 valence electrons. The average molecular weight is 403 g/mol. The lowest BCUT2D eigenvalue weighted by Gasteiger charge is -2.29. The van der Waals surface area contributed by atoms with Crippen LogP contribution in [0.15, 0.2) is 17.2 Å². The van der Waals surface area contributed by atoms with Crippen LogP contribution in [0.3, 0.4) is 0 Å². The number of anilines is 1. The van der Waals surface area contributed by atoms with Gasteiger partial charge in [-0.15, -0.1) is 5.10 Å². The summed E-state index contributed by atoms with van der Waals surface area (Å²) in [6, 6.07) is 3.99. The van der Waals surface area contributed by atoms with Gasteiger partial charge in [-0.25, -0.2) is 0 Å². The lowest BCUT2D eigenvalue weighted by molar-refractivity contribution is -0.139. The number of fused-ring (bicyclic) bond motifs is 2. The molecule has 0 fully saturated rings. The van der Waals surface area contributed by atoms with Crippen molar-refractivity contribution < 1.29 is 14.4 Å². The Kier molecular flexibility index (Phi) is 5.27. The SMILES string of the molecule is CC(=O)NC1=NN(C(C)=O)C2(S1)C(=O)N(CCC(C)C)c1c(C)cc(C)cc12. The lowest BCUT2D eigenvalue weighted by Crippen LogP contribution is -2.48. The maximum Gasteiger partial charge on any atom is 0.270 e. The topological polar surface area (TPSA) is 82.1 Å². The van der Waals surface area contributed by atoms with E-state index in [-0.39, 0.29) is 22.9 Å². The zero-order valence-electron chi connectivity index (χ0n) is 17.1. The first-order valence-electron chi connectivity index (χ1n) is 9.37. The summed E-state index contributed by atoms with van der Waals surface area (Å²) in [5.74, 6) is -0.405. The van der Waals surface area contributed by atoms with Crippen LogP contribution in [0.25, 0.3) is 0 Å². The first-order chi connectivity index (χ1) is 13.1. The molecule has 8 heteroatoms. The van der Waals surface area contributed by atoms with Crippen molar-refractivity contribution in [2.45, 2.75) is 52.8 Å². The van der Waals surface area contributed by atoms with Crippen molar-refractivity contribution in [2.24, 2.45) is 11.0 Å². The third-order valence-electron chi connectivity index (χ3n) is 4.86. The molecular weight excluding hydrogens is 376 g/mol. The number of benzene rings is 1. The molecule has 3 rings (SSSR count). The summed E-state index contributed by atoms with van der Waals surface area (Å²) in [4.78, 5) is 38.2. The first kappa shape index (κ1) is 20.4. The average Bonchev–Trinajstić information content (AvgIpc) is 3.04. The first-order valence-corrected chi connectivity index (χ1v) is 10.2. The summed E-state index contributed by atoms with van der Waals surface area (Å²) in [5, 5.41) is 8.40.